The smallest absolute Gasteiger partial charge is 0.411 e. The van der Waals surface area contributed by atoms with Crippen molar-refractivity contribution in [2.45, 2.75) is 71.6 Å². The zero-order valence-electron chi connectivity index (χ0n) is 14.9. The van der Waals surface area contributed by atoms with Crippen LogP contribution in [0.2, 0.25) is 0 Å². The fourth-order valence-electron chi connectivity index (χ4n) is 3.38. The number of nitrogens with zero attached hydrogens (tertiary/aromatic N) is 1. The van der Waals surface area contributed by atoms with Crippen LogP contribution in [0.5, 0.6) is 0 Å². The van der Waals surface area contributed by atoms with E-state index in [9.17, 15) is 10.0 Å². The first-order valence-corrected chi connectivity index (χ1v) is 8.05. The van der Waals surface area contributed by atoms with Crippen molar-refractivity contribution in [3.05, 3.63) is 29.3 Å². The molecule has 1 aliphatic rings. The number of rotatable bonds is 2. The van der Waals surface area contributed by atoms with E-state index in [2.05, 4.69) is 5.32 Å². The zero-order chi connectivity index (χ0) is 17.4. The molecule has 2 rings (SSSR count). The van der Waals surface area contributed by atoms with Crippen molar-refractivity contribution in [1.29, 1.82) is 0 Å². The van der Waals surface area contributed by atoms with Gasteiger partial charge in [-0.1, -0.05) is 6.07 Å². The van der Waals surface area contributed by atoms with Gasteiger partial charge in [0.2, 0.25) is 0 Å². The zero-order valence-corrected chi connectivity index (χ0v) is 14.9. The lowest BCUT2D eigenvalue weighted by atomic mass is 9.80. The SMILES string of the molecule is Cc1ccc(NC(=O)OC2CC(C)(C)N(O)C(C)(C)C2)cc1C. The van der Waals surface area contributed by atoms with Gasteiger partial charge in [-0.15, -0.1) is 0 Å². The maximum Gasteiger partial charge on any atom is 0.411 e. The molecule has 0 saturated carbocycles. The first-order valence-electron chi connectivity index (χ1n) is 8.05. The summed E-state index contributed by atoms with van der Waals surface area (Å²) >= 11 is 0. The second-order valence-electron chi connectivity index (χ2n) is 7.80. The van der Waals surface area contributed by atoms with E-state index in [1.165, 1.54) is 10.6 Å². The summed E-state index contributed by atoms with van der Waals surface area (Å²) in [5.41, 5.74) is 2.16. The number of nitrogens with one attached hydrogen (secondary N) is 1. The lowest BCUT2D eigenvalue weighted by Gasteiger charge is -2.50. The van der Waals surface area contributed by atoms with Gasteiger partial charge in [0.1, 0.15) is 6.10 Å². The summed E-state index contributed by atoms with van der Waals surface area (Å²) in [5, 5.41) is 14.4. The molecule has 5 heteroatoms. The second kappa shape index (κ2) is 6.13. The van der Waals surface area contributed by atoms with Crippen molar-refractivity contribution < 1.29 is 14.7 Å². The Morgan fingerprint density at radius 2 is 1.74 bits per heavy atom. The maximum atomic E-state index is 12.2. The van der Waals surface area contributed by atoms with E-state index >= 15 is 0 Å². The molecule has 23 heavy (non-hydrogen) atoms. The van der Waals surface area contributed by atoms with Gasteiger partial charge in [0, 0.05) is 29.6 Å². The molecule has 1 aromatic rings. The van der Waals surface area contributed by atoms with E-state index in [0.29, 0.717) is 12.8 Å². The molecule has 1 aliphatic heterocycles. The number of aryl methyl sites for hydroxylation is 2. The Hall–Kier alpha value is -1.59. The normalized spacial score (nSPS) is 21.0. The lowest BCUT2D eigenvalue weighted by Crippen LogP contribution is -2.60. The van der Waals surface area contributed by atoms with E-state index in [0.717, 1.165) is 11.3 Å². The van der Waals surface area contributed by atoms with Crippen molar-refractivity contribution in [2.75, 3.05) is 5.32 Å². The van der Waals surface area contributed by atoms with Crippen LogP contribution < -0.4 is 5.32 Å². The largest absolute Gasteiger partial charge is 0.446 e. The number of anilines is 1. The van der Waals surface area contributed by atoms with E-state index in [1.54, 1.807) is 0 Å². The van der Waals surface area contributed by atoms with Crippen LogP contribution in [0.4, 0.5) is 10.5 Å². The highest BCUT2D eigenvalue weighted by atomic mass is 16.6. The number of hydroxylamine groups is 2. The monoisotopic (exact) mass is 320 g/mol. The molecule has 128 valence electrons. The number of hydrogen-bond acceptors (Lipinski definition) is 4. The van der Waals surface area contributed by atoms with Crippen molar-refractivity contribution in [1.82, 2.24) is 5.06 Å². The topological polar surface area (TPSA) is 61.8 Å². The third-order valence-corrected chi connectivity index (χ3v) is 4.63. The van der Waals surface area contributed by atoms with Crippen molar-refractivity contribution in [2.24, 2.45) is 0 Å². The molecule has 1 amide bonds. The van der Waals surface area contributed by atoms with E-state index in [1.807, 2.05) is 59.7 Å². The Kier molecular flexibility index (Phi) is 4.74. The van der Waals surface area contributed by atoms with Gasteiger partial charge in [-0.25, -0.2) is 4.79 Å². The lowest BCUT2D eigenvalue weighted by molar-refractivity contribution is -0.256. The number of hydrogen-bond donors (Lipinski definition) is 2. The summed E-state index contributed by atoms with van der Waals surface area (Å²) in [6, 6.07) is 5.77. The van der Waals surface area contributed by atoms with E-state index in [-0.39, 0.29) is 6.10 Å². The summed E-state index contributed by atoms with van der Waals surface area (Å²) in [6.07, 6.45) is 0.506. The van der Waals surface area contributed by atoms with Crippen LogP contribution in [0, 0.1) is 13.8 Å². The molecule has 1 fully saturated rings. The molecular formula is C18H28N2O3. The second-order valence-corrected chi connectivity index (χ2v) is 7.80. The fourth-order valence-corrected chi connectivity index (χ4v) is 3.38. The third kappa shape index (κ3) is 4.03. The van der Waals surface area contributed by atoms with Gasteiger partial charge in [0.05, 0.1) is 0 Å². The fraction of sp³-hybridized carbons (Fsp3) is 0.611. The first-order chi connectivity index (χ1) is 10.5. The molecule has 1 aromatic carbocycles. The van der Waals surface area contributed by atoms with Gasteiger partial charge in [0.25, 0.3) is 0 Å². The highest BCUT2D eigenvalue weighted by Crippen LogP contribution is 2.38. The van der Waals surface area contributed by atoms with Crippen LogP contribution in [-0.4, -0.2) is 33.5 Å². The summed E-state index contributed by atoms with van der Waals surface area (Å²) in [7, 11) is 0. The Morgan fingerprint density at radius 1 is 1.17 bits per heavy atom. The minimum absolute atomic E-state index is 0.227. The minimum atomic E-state index is -0.448. The predicted octanol–water partition coefficient (Wildman–Crippen LogP) is 4.26. The quantitative estimate of drug-likeness (QED) is 0.854. The van der Waals surface area contributed by atoms with Gasteiger partial charge in [-0.3, -0.25) is 5.32 Å². The Labute approximate surface area is 138 Å². The number of carbonyl (C=O) groups excluding carboxylic acids is 1. The molecule has 0 bridgehead atoms. The molecule has 0 radical (unpaired) electrons. The number of piperidine rings is 1. The van der Waals surface area contributed by atoms with Gasteiger partial charge in [0.15, 0.2) is 0 Å². The Bertz CT molecular complexity index is 578. The molecule has 2 N–H and O–H groups in total. The predicted molar refractivity (Wildman–Crippen MR) is 90.8 cm³/mol. The average Bonchev–Trinajstić information content (AvgIpc) is 2.39. The van der Waals surface area contributed by atoms with E-state index in [4.69, 9.17) is 4.74 Å². The van der Waals surface area contributed by atoms with Gasteiger partial charge in [-0.2, -0.15) is 5.06 Å². The molecule has 0 spiro atoms. The number of ether oxygens (including phenoxy) is 1. The standard InChI is InChI=1S/C18H28N2O3/c1-12-7-8-14(9-13(12)2)19-16(21)23-15-10-17(3,4)20(22)18(5,6)11-15/h7-9,15,22H,10-11H2,1-6H3,(H,19,21). The van der Waals surface area contributed by atoms with Crippen LogP contribution in [0.3, 0.4) is 0 Å². The Morgan fingerprint density at radius 3 is 2.26 bits per heavy atom. The van der Waals surface area contributed by atoms with Crippen LogP contribution in [-0.2, 0) is 4.74 Å². The minimum Gasteiger partial charge on any atom is -0.446 e. The highest BCUT2D eigenvalue weighted by Gasteiger charge is 2.46. The summed E-state index contributed by atoms with van der Waals surface area (Å²) < 4.78 is 5.60. The molecule has 0 aromatic heterocycles. The van der Waals surface area contributed by atoms with Crippen molar-refractivity contribution >= 4 is 11.8 Å². The summed E-state index contributed by atoms with van der Waals surface area (Å²) in [5.74, 6) is 0. The van der Waals surface area contributed by atoms with Crippen LogP contribution in [0.1, 0.15) is 51.7 Å². The van der Waals surface area contributed by atoms with Crippen LogP contribution in [0.15, 0.2) is 18.2 Å². The van der Waals surface area contributed by atoms with E-state index < -0.39 is 17.2 Å². The Balaban J connectivity index is 2.01. The molecule has 1 saturated heterocycles. The maximum absolute atomic E-state index is 12.2. The van der Waals surface area contributed by atoms with Gasteiger partial charge in [-0.05, 0) is 64.8 Å². The van der Waals surface area contributed by atoms with Crippen molar-refractivity contribution in [3.63, 3.8) is 0 Å². The van der Waals surface area contributed by atoms with Gasteiger partial charge < -0.3 is 9.94 Å². The number of benzene rings is 1. The number of amides is 1. The van der Waals surface area contributed by atoms with Gasteiger partial charge >= 0.3 is 6.09 Å². The molecule has 5 nitrogen and oxygen atoms in total. The summed E-state index contributed by atoms with van der Waals surface area (Å²) in [6.45, 7) is 11.8. The highest BCUT2D eigenvalue weighted by molar-refractivity contribution is 5.84. The molecule has 0 atom stereocenters. The third-order valence-electron chi connectivity index (χ3n) is 4.63. The molecule has 0 unspecified atom stereocenters. The average molecular weight is 320 g/mol. The van der Waals surface area contributed by atoms with Crippen LogP contribution in [0.25, 0.3) is 0 Å². The van der Waals surface area contributed by atoms with Crippen molar-refractivity contribution in [3.8, 4) is 0 Å². The van der Waals surface area contributed by atoms with Crippen LogP contribution >= 0.6 is 0 Å². The first kappa shape index (κ1) is 17.8. The number of carbonyl (C=O) groups is 1. The molecule has 0 aliphatic carbocycles. The molecular weight excluding hydrogens is 292 g/mol. The molecule has 1 heterocycles. The summed E-state index contributed by atoms with van der Waals surface area (Å²) in [4.78, 5) is 12.2.